The Morgan fingerprint density at radius 1 is 1.29 bits per heavy atom. The molecule has 0 heterocycles. The molecule has 2 nitrogen and oxygen atoms in total. The fourth-order valence-corrected chi connectivity index (χ4v) is 3.98. The second kappa shape index (κ2) is 4.29. The summed E-state index contributed by atoms with van der Waals surface area (Å²) in [6.07, 6.45) is 5.39. The number of hydrogen-bond acceptors (Lipinski definition) is 2. The minimum atomic E-state index is 0.163. The van der Waals surface area contributed by atoms with E-state index in [1.807, 2.05) is 0 Å². The summed E-state index contributed by atoms with van der Waals surface area (Å²) >= 11 is 3.47. The van der Waals surface area contributed by atoms with Gasteiger partial charge in [-0.25, -0.2) is 0 Å². The molecule has 0 saturated heterocycles. The summed E-state index contributed by atoms with van der Waals surface area (Å²) in [5.41, 5.74) is 7.42. The summed E-state index contributed by atoms with van der Waals surface area (Å²) in [6.45, 7) is 0.754. The Bertz CT molecular complexity index is 403. The van der Waals surface area contributed by atoms with Crippen molar-refractivity contribution < 1.29 is 0 Å². The molecular formula is C14H19BrN2. The number of nitrogens with two attached hydrogens (primary N) is 1. The van der Waals surface area contributed by atoms with E-state index in [-0.39, 0.29) is 5.54 Å². The van der Waals surface area contributed by atoms with Crippen molar-refractivity contribution in [3.8, 4) is 0 Å². The van der Waals surface area contributed by atoms with Crippen LogP contribution in [0.4, 0.5) is 5.69 Å². The van der Waals surface area contributed by atoms with Gasteiger partial charge in [0.1, 0.15) is 0 Å². The number of anilines is 1. The van der Waals surface area contributed by atoms with Gasteiger partial charge in [-0.1, -0.05) is 15.9 Å². The van der Waals surface area contributed by atoms with E-state index in [4.69, 9.17) is 5.73 Å². The van der Waals surface area contributed by atoms with Crippen LogP contribution in [-0.4, -0.2) is 12.1 Å². The SMILES string of the molecule is NCC1(Nc2ccc(Br)cc2)CC2CCC1C2. The average Bonchev–Trinajstić information content (AvgIpc) is 2.93. The second-order valence-corrected chi connectivity index (χ2v) is 6.49. The number of halogens is 1. The molecule has 92 valence electrons. The van der Waals surface area contributed by atoms with Gasteiger partial charge in [0, 0.05) is 16.7 Å². The molecule has 3 atom stereocenters. The summed E-state index contributed by atoms with van der Waals surface area (Å²) in [5.74, 6) is 1.69. The molecule has 1 aromatic carbocycles. The van der Waals surface area contributed by atoms with Crippen molar-refractivity contribution in [2.45, 2.75) is 31.2 Å². The smallest absolute Gasteiger partial charge is 0.0526 e. The van der Waals surface area contributed by atoms with Gasteiger partial charge in [0.15, 0.2) is 0 Å². The van der Waals surface area contributed by atoms with Crippen LogP contribution in [0.3, 0.4) is 0 Å². The highest BCUT2D eigenvalue weighted by Gasteiger charge is 2.50. The van der Waals surface area contributed by atoms with Crippen LogP contribution in [0.15, 0.2) is 28.7 Å². The predicted molar refractivity (Wildman–Crippen MR) is 75.0 cm³/mol. The molecule has 3 heteroatoms. The zero-order valence-electron chi connectivity index (χ0n) is 9.95. The first kappa shape index (κ1) is 11.5. The lowest BCUT2D eigenvalue weighted by molar-refractivity contribution is 0.306. The molecule has 3 unspecified atom stereocenters. The van der Waals surface area contributed by atoms with Crippen molar-refractivity contribution in [3.63, 3.8) is 0 Å². The third-order valence-electron chi connectivity index (χ3n) is 4.58. The molecule has 3 N–H and O–H groups in total. The van der Waals surface area contributed by atoms with E-state index >= 15 is 0 Å². The zero-order chi connectivity index (χ0) is 11.9. The summed E-state index contributed by atoms with van der Waals surface area (Å²) < 4.78 is 1.12. The molecule has 2 fully saturated rings. The first-order valence-electron chi connectivity index (χ1n) is 6.46. The van der Waals surface area contributed by atoms with Crippen molar-refractivity contribution in [1.29, 1.82) is 0 Å². The Hall–Kier alpha value is -0.540. The quantitative estimate of drug-likeness (QED) is 0.897. The lowest BCUT2D eigenvalue weighted by Gasteiger charge is -2.38. The molecule has 1 aromatic rings. The van der Waals surface area contributed by atoms with Crippen LogP contribution in [-0.2, 0) is 0 Å². The van der Waals surface area contributed by atoms with Gasteiger partial charge in [-0.2, -0.15) is 0 Å². The van der Waals surface area contributed by atoms with E-state index in [0.29, 0.717) is 0 Å². The van der Waals surface area contributed by atoms with Crippen LogP contribution in [0.5, 0.6) is 0 Å². The monoisotopic (exact) mass is 294 g/mol. The maximum atomic E-state index is 6.06. The van der Waals surface area contributed by atoms with Gasteiger partial charge in [0.2, 0.25) is 0 Å². The Kier molecular flexibility index (Phi) is 2.91. The number of fused-ring (bicyclic) bond motifs is 2. The van der Waals surface area contributed by atoms with Crippen LogP contribution in [0.25, 0.3) is 0 Å². The molecule has 2 aliphatic rings. The Balaban J connectivity index is 1.80. The van der Waals surface area contributed by atoms with E-state index in [0.717, 1.165) is 22.9 Å². The molecule has 0 amide bonds. The fourth-order valence-electron chi connectivity index (χ4n) is 3.72. The van der Waals surface area contributed by atoms with Gasteiger partial charge in [-0.05, 0) is 61.8 Å². The van der Waals surface area contributed by atoms with Crippen LogP contribution in [0.2, 0.25) is 0 Å². The van der Waals surface area contributed by atoms with Crippen LogP contribution in [0, 0.1) is 11.8 Å². The van der Waals surface area contributed by atoms with E-state index in [9.17, 15) is 0 Å². The molecule has 2 saturated carbocycles. The minimum Gasteiger partial charge on any atom is -0.378 e. The Morgan fingerprint density at radius 3 is 2.59 bits per heavy atom. The third-order valence-corrected chi connectivity index (χ3v) is 5.11. The second-order valence-electron chi connectivity index (χ2n) is 5.57. The van der Waals surface area contributed by atoms with Gasteiger partial charge in [0.05, 0.1) is 5.54 Å². The topological polar surface area (TPSA) is 38.0 Å². The summed E-state index contributed by atoms with van der Waals surface area (Å²) in [5, 5.41) is 3.72. The van der Waals surface area contributed by atoms with Crippen LogP contribution < -0.4 is 11.1 Å². The minimum absolute atomic E-state index is 0.163. The normalized spacial score (nSPS) is 35.2. The lowest BCUT2D eigenvalue weighted by Crippen LogP contribution is -2.49. The molecule has 0 spiro atoms. The van der Waals surface area contributed by atoms with Gasteiger partial charge in [-0.3, -0.25) is 0 Å². The van der Waals surface area contributed by atoms with Crippen molar-refractivity contribution in [3.05, 3.63) is 28.7 Å². The van der Waals surface area contributed by atoms with Gasteiger partial charge < -0.3 is 11.1 Å². The van der Waals surface area contributed by atoms with Crippen LogP contribution in [0.1, 0.15) is 25.7 Å². The molecule has 0 aromatic heterocycles. The van der Waals surface area contributed by atoms with Crippen molar-refractivity contribution in [1.82, 2.24) is 0 Å². The Labute approximate surface area is 111 Å². The summed E-state index contributed by atoms with van der Waals surface area (Å²) in [4.78, 5) is 0. The van der Waals surface area contributed by atoms with Gasteiger partial charge in [0.25, 0.3) is 0 Å². The highest BCUT2D eigenvalue weighted by atomic mass is 79.9. The summed E-state index contributed by atoms with van der Waals surface area (Å²) in [7, 11) is 0. The highest BCUT2D eigenvalue weighted by molar-refractivity contribution is 9.10. The van der Waals surface area contributed by atoms with Gasteiger partial charge in [-0.15, -0.1) is 0 Å². The molecule has 3 rings (SSSR count). The lowest BCUT2D eigenvalue weighted by atomic mass is 9.80. The van der Waals surface area contributed by atoms with Gasteiger partial charge >= 0.3 is 0 Å². The van der Waals surface area contributed by atoms with E-state index in [1.165, 1.54) is 31.4 Å². The van der Waals surface area contributed by atoms with Crippen molar-refractivity contribution in [2.24, 2.45) is 17.6 Å². The Morgan fingerprint density at radius 2 is 2.06 bits per heavy atom. The standard InChI is InChI=1S/C14H19BrN2/c15-12-3-5-13(6-4-12)17-14(9-16)8-10-1-2-11(14)7-10/h3-6,10-11,17H,1-2,7-9,16H2. The first-order chi connectivity index (χ1) is 8.22. The number of nitrogens with one attached hydrogen (secondary N) is 1. The van der Waals surface area contributed by atoms with E-state index in [1.54, 1.807) is 0 Å². The first-order valence-corrected chi connectivity index (χ1v) is 7.25. The summed E-state index contributed by atoms with van der Waals surface area (Å²) in [6, 6.07) is 8.43. The fraction of sp³-hybridized carbons (Fsp3) is 0.571. The van der Waals surface area contributed by atoms with Crippen molar-refractivity contribution in [2.75, 3.05) is 11.9 Å². The molecule has 2 bridgehead atoms. The predicted octanol–water partition coefficient (Wildman–Crippen LogP) is 3.38. The third kappa shape index (κ3) is 2.00. The molecular weight excluding hydrogens is 276 g/mol. The van der Waals surface area contributed by atoms with E-state index in [2.05, 4.69) is 45.5 Å². The highest BCUT2D eigenvalue weighted by Crippen LogP contribution is 2.51. The van der Waals surface area contributed by atoms with Crippen LogP contribution >= 0.6 is 15.9 Å². The maximum Gasteiger partial charge on any atom is 0.0526 e. The molecule has 2 aliphatic carbocycles. The molecule has 17 heavy (non-hydrogen) atoms. The largest absolute Gasteiger partial charge is 0.378 e. The average molecular weight is 295 g/mol. The zero-order valence-corrected chi connectivity index (χ0v) is 11.5. The maximum absolute atomic E-state index is 6.06. The van der Waals surface area contributed by atoms with E-state index < -0.39 is 0 Å². The number of hydrogen-bond donors (Lipinski definition) is 2. The molecule has 0 radical (unpaired) electrons. The number of benzene rings is 1. The number of rotatable bonds is 3. The van der Waals surface area contributed by atoms with Crippen molar-refractivity contribution >= 4 is 21.6 Å². The molecule has 0 aliphatic heterocycles.